The Morgan fingerprint density at radius 3 is 2.91 bits per heavy atom. The van der Waals surface area contributed by atoms with Gasteiger partial charge in [-0.2, -0.15) is 0 Å². The van der Waals surface area contributed by atoms with E-state index in [-0.39, 0.29) is 5.71 Å². The predicted molar refractivity (Wildman–Crippen MR) is 43.2 cm³/mol. The topological polar surface area (TPSA) is 88.0 Å². The quantitative estimate of drug-likeness (QED) is 0.333. The van der Waals surface area contributed by atoms with Gasteiger partial charge in [0.1, 0.15) is 5.04 Å². The van der Waals surface area contributed by atoms with E-state index in [1.54, 1.807) is 0 Å². The van der Waals surface area contributed by atoms with Gasteiger partial charge >= 0.3 is 0 Å². The van der Waals surface area contributed by atoms with Crippen LogP contribution in [0.4, 0.5) is 0 Å². The first-order valence-corrected chi connectivity index (χ1v) is 3.93. The van der Waals surface area contributed by atoms with Crippen LogP contribution >= 0.6 is 11.8 Å². The Hall–Kier alpha value is -1.04. The highest BCUT2D eigenvalue weighted by atomic mass is 32.2. The van der Waals surface area contributed by atoms with E-state index in [0.29, 0.717) is 11.6 Å². The molecule has 5 nitrogen and oxygen atoms in total. The molecule has 0 unspecified atom stereocenters. The number of primary amides is 1. The lowest BCUT2D eigenvalue weighted by Gasteiger charge is -1.95. The first-order valence-electron chi connectivity index (χ1n) is 2.95. The summed E-state index contributed by atoms with van der Waals surface area (Å²) in [6.45, 7) is 0.645. The minimum atomic E-state index is -0.749. The van der Waals surface area contributed by atoms with Gasteiger partial charge in [0, 0.05) is 12.3 Å². The van der Waals surface area contributed by atoms with Crippen molar-refractivity contribution in [1.29, 1.82) is 0 Å². The second-order valence-electron chi connectivity index (χ2n) is 1.85. The zero-order chi connectivity index (χ0) is 8.27. The van der Waals surface area contributed by atoms with Crippen molar-refractivity contribution in [3.63, 3.8) is 0 Å². The third-order valence-corrected chi connectivity index (χ3v) is 2.10. The Balaban J connectivity index is 2.78. The molecule has 0 radical (unpaired) electrons. The van der Waals surface area contributed by atoms with E-state index in [4.69, 9.17) is 10.9 Å². The molecule has 1 aliphatic heterocycles. The van der Waals surface area contributed by atoms with E-state index in [9.17, 15) is 4.79 Å². The van der Waals surface area contributed by atoms with Crippen LogP contribution in [0.5, 0.6) is 0 Å². The Morgan fingerprint density at radius 1 is 1.82 bits per heavy atom. The van der Waals surface area contributed by atoms with E-state index < -0.39 is 5.91 Å². The fourth-order valence-electron chi connectivity index (χ4n) is 0.676. The summed E-state index contributed by atoms with van der Waals surface area (Å²) in [5, 5.41) is 11.5. The van der Waals surface area contributed by atoms with Crippen LogP contribution in [0.25, 0.3) is 0 Å². The second kappa shape index (κ2) is 3.38. The van der Waals surface area contributed by atoms with Gasteiger partial charge in [0.05, 0.1) is 0 Å². The molecule has 1 aliphatic rings. The third-order valence-electron chi connectivity index (χ3n) is 1.12. The standard InChI is InChI=1S/C5H7N3O2S/c6-4(9)3(8-10)5-7-1-2-11-5/h10H,1-2H2,(H2,6,9)/b8-3+. The molecule has 11 heavy (non-hydrogen) atoms. The summed E-state index contributed by atoms with van der Waals surface area (Å²) in [5.74, 6) is 0.0578. The van der Waals surface area contributed by atoms with Gasteiger partial charge in [0.2, 0.25) is 0 Å². The van der Waals surface area contributed by atoms with Crippen LogP contribution in [0.1, 0.15) is 0 Å². The van der Waals surface area contributed by atoms with Crippen molar-refractivity contribution in [3.05, 3.63) is 0 Å². The molecule has 0 atom stereocenters. The molecule has 0 aromatic carbocycles. The van der Waals surface area contributed by atoms with Gasteiger partial charge in [-0.3, -0.25) is 9.79 Å². The van der Waals surface area contributed by atoms with Gasteiger partial charge in [-0.25, -0.2) is 0 Å². The average Bonchev–Trinajstić information content (AvgIpc) is 2.40. The molecule has 0 aliphatic carbocycles. The zero-order valence-corrected chi connectivity index (χ0v) is 6.47. The van der Waals surface area contributed by atoms with Crippen LogP contribution in [-0.2, 0) is 4.79 Å². The van der Waals surface area contributed by atoms with Crippen LogP contribution in [0, 0.1) is 0 Å². The lowest BCUT2D eigenvalue weighted by Crippen LogP contribution is -2.28. The van der Waals surface area contributed by atoms with Gasteiger partial charge in [-0.05, 0) is 0 Å². The van der Waals surface area contributed by atoms with Crippen LogP contribution < -0.4 is 5.73 Å². The van der Waals surface area contributed by atoms with Gasteiger partial charge in [0.25, 0.3) is 5.91 Å². The SMILES string of the molecule is NC(=O)/C(=N\O)C1=NCCS1. The Bertz CT molecular complexity index is 236. The van der Waals surface area contributed by atoms with Crippen LogP contribution in [0.2, 0.25) is 0 Å². The predicted octanol–water partition coefficient (Wildman–Crippen LogP) is -0.553. The van der Waals surface area contributed by atoms with E-state index in [1.165, 1.54) is 11.8 Å². The molecule has 0 saturated carbocycles. The number of thioether (sulfide) groups is 1. The number of rotatable bonds is 2. The molecular weight excluding hydrogens is 166 g/mol. The van der Waals surface area contributed by atoms with Crippen molar-refractivity contribution in [1.82, 2.24) is 0 Å². The van der Waals surface area contributed by atoms with Crippen LogP contribution in [-0.4, -0.2) is 34.2 Å². The monoisotopic (exact) mass is 173 g/mol. The minimum Gasteiger partial charge on any atom is -0.410 e. The Morgan fingerprint density at radius 2 is 2.55 bits per heavy atom. The number of amides is 1. The summed E-state index contributed by atoms with van der Waals surface area (Å²) in [6.07, 6.45) is 0. The number of nitrogens with two attached hydrogens (primary N) is 1. The third kappa shape index (κ3) is 1.70. The highest BCUT2D eigenvalue weighted by Gasteiger charge is 2.19. The molecule has 0 spiro atoms. The molecule has 1 rings (SSSR count). The molecule has 0 bridgehead atoms. The number of aliphatic imine (C=N–C) groups is 1. The van der Waals surface area contributed by atoms with E-state index in [2.05, 4.69) is 10.1 Å². The molecule has 0 aromatic heterocycles. The maximum absolute atomic E-state index is 10.6. The molecule has 60 valence electrons. The highest BCUT2D eigenvalue weighted by Crippen LogP contribution is 2.12. The first kappa shape index (κ1) is 8.06. The van der Waals surface area contributed by atoms with Crippen molar-refractivity contribution in [2.75, 3.05) is 12.3 Å². The number of hydrogen-bond acceptors (Lipinski definition) is 5. The fourth-order valence-corrected chi connectivity index (χ4v) is 1.51. The molecule has 3 N–H and O–H groups in total. The molecule has 1 amide bonds. The lowest BCUT2D eigenvalue weighted by molar-refractivity contribution is -0.111. The highest BCUT2D eigenvalue weighted by molar-refractivity contribution is 8.16. The summed E-state index contributed by atoms with van der Waals surface area (Å²) in [6, 6.07) is 0. The largest absolute Gasteiger partial charge is 0.410 e. The molecule has 1 heterocycles. The molecular formula is C5H7N3O2S. The smallest absolute Gasteiger partial charge is 0.273 e. The number of carbonyl (C=O) groups excluding carboxylic acids is 1. The van der Waals surface area contributed by atoms with Crippen molar-refractivity contribution in [2.45, 2.75) is 0 Å². The zero-order valence-electron chi connectivity index (χ0n) is 5.65. The van der Waals surface area contributed by atoms with Gasteiger partial charge in [-0.1, -0.05) is 5.16 Å². The Kier molecular flexibility index (Phi) is 2.48. The van der Waals surface area contributed by atoms with E-state index >= 15 is 0 Å². The fraction of sp³-hybridized carbons (Fsp3) is 0.400. The maximum Gasteiger partial charge on any atom is 0.273 e. The number of oxime groups is 1. The number of carbonyl (C=O) groups is 1. The van der Waals surface area contributed by atoms with Crippen LogP contribution in [0.15, 0.2) is 10.1 Å². The molecule has 6 heteroatoms. The normalized spacial score (nSPS) is 18.2. The van der Waals surface area contributed by atoms with Gasteiger partial charge in [0.15, 0.2) is 5.71 Å². The molecule has 0 aromatic rings. The summed E-state index contributed by atoms with van der Waals surface area (Å²) in [4.78, 5) is 14.5. The van der Waals surface area contributed by atoms with Crippen molar-refractivity contribution < 1.29 is 10.0 Å². The number of hydrogen-bond donors (Lipinski definition) is 2. The summed E-state index contributed by atoms with van der Waals surface area (Å²) >= 11 is 1.36. The van der Waals surface area contributed by atoms with Crippen molar-refractivity contribution in [2.24, 2.45) is 15.9 Å². The average molecular weight is 173 g/mol. The van der Waals surface area contributed by atoms with Crippen molar-refractivity contribution >= 4 is 28.4 Å². The maximum atomic E-state index is 10.6. The van der Waals surface area contributed by atoms with E-state index in [0.717, 1.165) is 5.75 Å². The lowest BCUT2D eigenvalue weighted by atomic mass is 10.4. The summed E-state index contributed by atoms with van der Waals surface area (Å²) in [7, 11) is 0. The molecule has 0 fully saturated rings. The van der Waals surface area contributed by atoms with Crippen molar-refractivity contribution in [3.8, 4) is 0 Å². The van der Waals surface area contributed by atoms with Gasteiger partial charge in [-0.15, -0.1) is 11.8 Å². The summed E-state index contributed by atoms with van der Waals surface area (Å²) < 4.78 is 0. The Labute approximate surface area is 67.4 Å². The van der Waals surface area contributed by atoms with Gasteiger partial charge < -0.3 is 10.9 Å². The second-order valence-corrected chi connectivity index (χ2v) is 2.93. The van der Waals surface area contributed by atoms with E-state index in [1.807, 2.05) is 0 Å². The summed E-state index contributed by atoms with van der Waals surface area (Å²) in [5.41, 5.74) is 4.76. The van der Waals surface area contributed by atoms with Crippen LogP contribution in [0.3, 0.4) is 0 Å². The first-order chi connectivity index (χ1) is 5.25. The molecule has 0 saturated heterocycles. The number of nitrogens with zero attached hydrogens (tertiary/aromatic N) is 2. The minimum absolute atomic E-state index is 0.146.